The minimum atomic E-state index is -0.393. The fraction of sp³-hybridized carbons (Fsp3) is 0.167. The predicted octanol–water partition coefficient (Wildman–Crippen LogP) is 3.28. The van der Waals surface area contributed by atoms with E-state index in [-0.39, 0.29) is 5.69 Å². The molecule has 0 saturated heterocycles. The van der Waals surface area contributed by atoms with Crippen molar-refractivity contribution in [3.8, 4) is 0 Å². The molecular weight excluding hydrogens is 236 g/mol. The lowest BCUT2D eigenvalue weighted by atomic mass is 10.3. The van der Waals surface area contributed by atoms with Gasteiger partial charge in [0.1, 0.15) is 0 Å². The van der Waals surface area contributed by atoms with Crippen LogP contribution in [0.3, 0.4) is 0 Å². The van der Waals surface area contributed by atoms with Crippen molar-refractivity contribution in [2.75, 3.05) is 13.1 Å². The average Bonchev–Trinajstić information content (AvgIpc) is 2.30. The van der Waals surface area contributed by atoms with E-state index in [2.05, 4.69) is 13.2 Å². The first-order valence-corrected chi connectivity index (χ1v) is 5.84. The number of non-ortho nitro benzene ring substituents is 1. The van der Waals surface area contributed by atoms with Gasteiger partial charge in [0.25, 0.3) is 5.69 Å². The van der Waals surface area contributed by atoms with Gasteiger partial charge < -0.3 is 0 Å². The van der Waals surface area contributed by atoms with E-state index in [0.717, 1.165) is 4.90 Å². The fourth-order valence-corrected chi connectivity index (χ4v) is 2.21. The summed E-state index contributed by atoms with van der Waals surface area (Å²) in [7, 11) is 0. The molecule has 0 amide bonds. The van der Waals surface area contributed by atoms with Crippen LogP contribution in [0.1, 0.15) is 0 Å². The maximum absolute atomic E-state index is 10.6. The zero-order valence-electron chi connectivity index (χ0n) is 9.41. The second-order valence-electron chi connectivity index (χ2n) is 3.27. The van der Waals surface area contributed by atoms with Crippen LogP contribution in [0.4, 0.5) is 5.69 Å². The molecule has 0 aliphatic heterocycles. The first-order valence-electron chi connectivity index (χ1n) is 5.06. The van der Waals surface area contributed by atoms with Crippen LogP contribution in [0, 0.1) is 10.1 Å². The topological polar surface area (TPSA) is 46.4 Å². The average molecular weight is 250 g/mol. The van der Waals surface area contributed by atoms with Gasteiger partial charge in [-0.1, -0.05) is 18.2 Å². The molecule has 0 aliphatic rings. The highest BCUT2D eigenvalue weighted by molar-refractivity contribution is 7.97. The van der Waals surface area contributed by atoms with E-state index in [1.807, 2.05) is 10.4 Å². The minimum absolute atomic E-state index is 0.104. The lowest BCUT2D eigenvalue weighted by Crippen LogP contribution is -2.15. The largest absolute Gasteiger partial charge is 0.270 e. The molecule has 0 N–H and O–H groups in total. The number of hydrogen-bond donors (Lipinski definition) is 0. The normalized spacial score (nSPS) is 10.2. The number of hydrogen-bond acceptors (Lipinski definition) is 4. The molecule has 4 nitrogen and oxygen atoms in total. The van der Waals surface area contributed by atoms with E-state index in [4.69, 9.17) is 0 Å². The molecule has 0 saturated carbocycles. The molecule has 0 atom stereocenters. The summed E-state index contributed by atoms with van der Waals surface area (Å²) in [6.45, 7) is 8.73. The molecule has 5 heteroatoms. The first kappa shape index (κ1) is 13.5. The van der Waals surface area contributed by atoms with Crippen LogP contribution in [0.25, 0.3) is 0 Å². The summed E-state index contributed by atoms with van der Waals surface area (Å²) >= 11 is 1.46. The molecule has 1 aromatic carbocycles. The smallest absolute Gasteiger partial charge is 0.258 e. The van der Waals surface area contributed by atoms with Crippen molar-refractivity contribution in [3.63, 3.8) is 0 Å². The van der Waals surface area contributed by atoms with Gasteiger partial charge in [-0.3, -0.25) is 10.1 Å². The standard InChI is InChI=1S/C12H14N2O2S/c1-3-8-13(9-4-2)17-12-7-5-6-11(10-12)14(15)16/h3-7,10H,1-2,8-9H2. The van der Waals surface area contributed by atoms with Gasteiger partial charge in [-0.25, -0.2) is 4.31 Å². The van der Waals surface area contributed by atoms with Gasteiger partial charge in [-0.2, -0.15) is 0 Å². The van der Waals surface area contributed by atoms with Gasteiger partial charge in [0.15, 0.2) is 0 Å². The molecule has 17 heavy (non-hydrogen) atoms. The van der Waals surface area contributed by atoms with Gasteiger partial charge in [-0.05, 0) is 18.0 Å². The highest BCUT2D eigenvalue weighted by Crippen LogP contribution is 2.25. The summed E-state index contributed by atoms with van der Waals surface area (Å²) in [5.74, 6) is 0. The zero-order valence-corrected chi connectivity index (χ0v) is 10.2. The van der Waals surface area contributed by atoms with Gasteiger partial charge in [-0.15, -0.1) is 13.2 Å². The molecule has 0 radical (unpaired) electrons. The zero-order chi connectivity index (χ0) is 12.7. The van der Waals surface area contributed by atoms with Crippen LogP contribution < -0.4 is 0 Å². The number of nitro benzene ring substituents is 1. The second kappa shape index (κ2) is 6.88. The maximum Gasteiger partial charge on any atom is 0.270 e. The van der Waals surface area contributed by atoms with E-state index in [1.54, 1.807) is 24.3 Å². The fourth-order valence-electron chi connectivity index (χ4n) is 1.24. The molecular formula is C12H14N2O2S. The Morgan fingerprint density at radius 1 is 1.35 bits per heavy atom. The van der Waals surface area contributed by atoms with E-state index >= 15 is 0 Å². The number of nitrogens with zero attached hydrogens (tertiary/aromatic N) is 2. The summed E-state index contributed by atoms with van der Waals surface area (Å²) in [6, 6.07) is 6.57. The highest BCUT2D eigenvalue weighted by Gasteiger charge is 2.08. The molecule has 1 rings (SSSR count). The van der Waals surface area contributed by atoms with Crippen LogP contribution >= 0.6 is 11.9 Å². The summed E-state index contributed by atoms with van der Waals surface area (Å²) in [5.41, 5.74) is 0.104. The molecule has 1 aromatic rings. The third-order valence-corrected chi connectivity index (χ3v) is 2.95. The van der Waals surface area contributed by atoms with E-state index < -0.39 is 4.92 Å². The van der Waals surface area contributed by atoms with Gasteiger partial charge in [0.05, 0.1) is 4.92 Å². The SMILES string of the molecule is C=CCN(CC=C)Sc1cccc([N+](=O)[O-])c1. The predicted molar refractivity (Wildman–Crippen MR) is 70.9 cm³/mol. The molecule has 0 fully saturated rings. The minimum Gasteiger partial charge on any atom is -0.258 e. The Kier molecular flexibility index (Phi) is 5.45. The Balaban J connectivity index is 2.77. The highest BCUT2D eigenvalue weighted by atomic mass is 32.2. The van der Waals surface area contributed by atoms with Gasteiger partial charge in [0.2, 0.25) is 0 Å². The second-order valence-corrected chi connectivity index (χ2v) is 4.44. The molecule has 0 heterocycles. The first-order chi connectivity index (χ1) is 8.17. The van der Waals surface area contributed by atoms with Crippen molar-refractivity contribution in [3.05, 3.63) is 59.7 Å². The lowest BCUT2D eigenvalue weighted by Gasteiger charge is -2.16. The van der Waals surface area contributed by atoms with Crippen LogP contribution in [-0.2, 0) is 0 Å². The van der Waals surface area contributed by atoms with Gasteiger partial charge >= 0.3 is 0 Å². The molecule has 0 unspecified atom stereocenters. The molecule has 90 valence electrons. The molecule has 0 aliphatic carbocycles. The van der Waals surface area contributed by atoms with Crippen molar-refractivity contribution in [2.24, 2.45) is 0 Å². The van der Waals surface area contributed by atoms with Crippen molar-refractivity contribution in [1.82, 2.24) is 4.31 Å². The molecule has 0 aromatic heterocycles. The van der Waals surface area contributed by atoms with Crippen molar-refractivity contribution in [1.29, 1.82) is 0 Å². The van der Waals surface area contributed by atoms with Crippen LogP contribution in [0.5, 0.6) is 0 Å². The summed E-state index contributed by atoms with van der Waals surface area (Å²) in [6.07, 6.45) is 3.57. The molecule has 0 spiro atoms. The van der Waals surface area contributed by atoms with E-state index in [9.17, 15) is 10.1 Å². The maximum atomic E-state index is 10.6. The Morgan fingerprint density at radius 2 is 2.00 bits per heavy atom. The summed E-state index contributed by atoms with van der Waals surface area (Å²) in [5, 5.41) is 10.6. The third kappa shape index (κ3) is 4.42. The quantitative estimate of drug-likeness (QED) is 0.322. The summed E-state index contributed by atoms with van der Waals surface area (Å²) in [4.78, 5) is 11.1. The van der Waals surface area contributed by atoms with Gasteiger partial charge in [0, 0.05) is 30.1 Å². The van der Waals surface area contributed by atoms with Crippen molar-refractivity contribution < 1.29 is 4.92 Å². The lowest BCUT2D eigenvalue weighted by molar-refractivity contribution is -0.385. The summed E-state index contributed by atoms with van der Waals surface area (Å²) < 4.78 is 2.01. The number of rotatable bonds is 7. The van der Waals surface area contributed by atoms with E-state index in [0.29, 0.717) is 13.1 Å². The van der Waals surface area contributed by atoms with Crippen LogP contribution in [0.2, 0.25) is 0 Å². The van der Waals surface area contributed by atoms with E-state index in [1.165, 1.54) is 18.0 Å². The number of nitro groups is 1. The monoisotopic (exact) mass is 250 g/mol. The molecule has 0 bridgehead atoms. The van der Waals surface area contributed by atoms with Crippen LogP contribution in [0.15, 0.2) is 54.5 Å². The van der Waals surface area contributed by atoms with Crippen molar-refractivity contribution >= 4 is 17.6 Å². The number of benzene rings is 1. The Bertz CT molecular complexity index is 411. The van der Waals surface area contributed by atoms with Crippen LogP contribution in [-0.4, -0.2) is 22.3 Å². The third-order valence-electron chi connectivity index (χ3n) is 1.93. The Labute approximate surface area is 105 Å². The van der Waals surface area contributed by atoms with Crippen molar-refractivity contribution in [2.45, 2.75) is 4.90 Å². The Morgan fingerprint density at radius 3 is 2.53 bits per heavy atom. The Hall–Kier alpha value is -1.59.